The van der Waals surface area contributed by atoms with Gasteiger partial charge in [-0.2, -0.15) is 5.01 Å². The summed E-state index contributed by atoms with van der Waals surface area (Å²) in [7, 11) is 0. The summed E-state index contributed by atoms with van der Waals surface area (Å²) in [6.07, 6.45) is 3.36. The largest absolute Gasteiger partial charge is 0.452 e. The molecule has 2 aromatic rings. The number of aromatic nitrogens is 1. The summed E-state index contributed by atoms with van der Waals surface area (Å²) in [6.45, 7) is 5.23. The molecule has 1 aromatic carbocycles. The summed E-state index contributed by atoms with van der Waals surface area (Å²) >= 11 is 0. The quantitative estimate of drug-likeness (QED) is 0.532. The molecule has 1 saturated carbocycles. The number of pyridine rings is 1. The highest BCUT2D eigenvalue weighted by Crippen LogP contribution is 2.35. The van der Waals surface area contributed by atoms with Gasteiger partial charge in [-0.05, 0) is 56.6 Å². The maximum atomic E-state index is 12.9. The molecule has 1 saturated heterocycles. The third-order valence-electron chi connectivity index (χ3n) is 6.64. The minimum Gasteiger partial charge on any atom is -0.452 e. The number of fused-ring (bicyclic) bond motifs is 1. The van der Waals surface area contributed by atoms with E-state index in [0.717, 1.165) is 18.5 Å². The van der Waals surface area contributed by atoms with Gasteiger partial charge in [0.25, 0.3) is 11.8 Å². The SMILES string of the molecule is CCc1nc2ccccc2c(C(=O)OCC(=O)NN2C(=O)NC3(CCC(C)CC3)C2=O)c1C. The monoisotopic (exact) mass is 452 g/mol. The molecule has 1 aliphatic heterocycles. The first-order valence-electron chi connectivity index (χ1n) is 11.3. The summed E-state index contributed by atoms with van der Waals surface area (Å²) in [6, 6.07) is 6.57. The molecule has 9 nitrogen and oxygen atoms in total. The lowest BCUT2D eigenvalue weighted by atomic mass is 9.77. The molecule has 2 fully saturated rings. The summed E-state index contributed by atoms with van der Waals surface area (Å²) < 4.78 is 5.26. The number of carbonyl (C=O) groups is 4. The number of esters is 1. The van der Waals surface area contributed by atoms with E-state index in [1.54, 1.807) is 19.1 Å². The number of hydrogen-bond acceptors (Lipinski definition) is 6. The number of para-hydroxylation sites is 1. The van der Waals surface area contributed by atoms with Crippen LogP contribution >= 0.6 is 0 Å². The smallest absolute Gasteiger partial charge is 0.344 e. The van der Waals surface area contributed by atoms with Crippen LogP contribution in [0.4, 0.5) is 4.79 Å². The van der Waals surface area contributed by atoms with E-state index < -0.39 is 36.0 Å². The average Bonchev–Trinajstić information content (AvgIpc) is 3.03. The molecule has 0 radical (unpaired) electrons. The Morgan fingerprint density at radius 2 is 1.94 bits per heavy atom. The molecule has 0 unspecified atom stereocenters. The van der Waals surface area contributed by atoms with Gasteiger partial charge in [0.15, 0.2) is 6.61 Å². The Bertz CT molecular complexity index is 1140. The molecule has 0 bridgehead atoms. The second-order valence-corrected chi connectivity index (χ2v) is 8.88. The zero-order valence-electron chi connectivity index (χ0n) is 19.1. The predicted octanol–water partition coefficient (Wildman–Crippen LogP) is 2.79. The van der Waals surface area contributed by atoms with E-state index in [0.29, 0.717) is 52.2 Å². The van der Waals surface area contributed by atoms with Crippen molar-refractivity contribution in [3.05, 3.63) is 41.1 Å². The minimum absolute atomic E-state index is 0.357. The highest BCUT2D eigenvalue weighted by Gasteiger charge is 2.52. The first-order valence-corrected chi connectivity index (χ1v) is 11.3. The van der Waals surface area contributed by atoms with Gasteiger partial charge in [0.2, 0.25) is 0 Å². The summed E-state index contributed by atoms with van der Waals surface area (Å²) in [4.78, 5) is 55.2. The van der Waals surface area contributed by atoms with E-state index in [4.69, 9.17) is 4.74 Å². The van der Waals surface area contributed by atoms with Crippen molar-refractivity contribution < 1.29 is 23.9 Å². The first kappa shape index (κ1) is 22.7. The van der Waals surface area contributed by atoms with Crippen LogP contribution in [-0.2, 0) is 20.7 Å². The van der Waals surface area contributed by atoms with Gasteiger partial charge in [0.05, 0.1) is 11.1 Å². The number of nitrogens with one attached hydrogen (secondary N) is 2. The van der Waals surface area contributed by atoms with Crippen molar-refractivity contribution >= 4 is 34.7 Å². The van der Waals surface area contributed by atoms with E-state index in [9.17, 15) is 19.2 Å². The molecule has 1 aliphatic carbocycles. The number of hydrazine groups is 1. The normalized spacial score (nSPS) is 22.5. The lowest BCUT2D eigenvalue weighted by molar-refractivity contribution is -0.141. The third kappa shape index (κ3) is 4.15. The van der Waals surface area contributed by atoms with Gasteiger partial charge in [-0.1, -0.05) is 32.0 Å². The predicted molar refractivity (Wildman–Crippen MR) is 120 cm³/mol. The standard InChI is InChI=1S/C24H28N4O5/c1-4-17-15(3)20(16-7-5-6-8-18(16)25-17)21(30)33-13-19(29)27-28-22(31)24(26-23(28)32)11-9-14(2)10-12-24/h5-8,14H,4,9-13H2,1-3H3,(H,26,32)(H,27,29). The number of rotatable bonds is 5. The molecule has 2 aliphatic rings. The summed E-state index contributed by atoms with van der Waals surface area (Å²) in [5, 5.41) is 4.08. The molecule has 1 spiro atoms. The summed E-state index contributed by atoms with van der Waals surface area (Å²) in [5.41, 5.74) is 3.82. The molecule has 33 heavy (non-hydrogen) atoms. The number of hydrogen-bond donors (Lipinski definition) is 2. The van der Waals surface area contributed by atoms with E-state index in [1.807, 2.05) is 19.1 Å². The molecule has 174 valence electrons. The number of nitrogens with zero attached hydrogens (tertiary/aromatic N) is 2. The van der Waals surface area contributed by atoms with Crippen LogP contribution in [0.5, 0.6) is 0 Å². The Balaban J connectivity index is 1.44. The van der Waals surface area contributed by atoms with Gasteiger partial charge in [0, 0.05) is 11.1 Å². The molecule has 1 aromatic heterocycles. The Kier molecular flexibility index (Phi) is 6.05. The van der Waals surface area contributed by atoms with Crippen LogP contribution in [0.2, 0.25) is 0 Å². The zero-order chi connectivity index (χ0) is 23.8. The van der Waals surface area contributed by atoms with Crippen LogP contribution in [0, 0.1) is 12.8 Å². The minimum atomic E-state index is -0.961. The number of urea groups is 1. The average molecular weight is 453 g/mol. The highest BCUT2D eigenvalue weighted by molar-refractivity contribution is 6.08. The first-order chi connectivity index (χ1) is 15.8. The lowest BCUT2D eigenvalue weighted by Crippen LogP contribution is -2.52. The number of ether oxygens (including phenoxy) is 1. The van der Waals surface area contributed by atoms with Crippen LogP contribution in [0.15, 0.2) is 24.3 Å². The number of amides is 4. The molecular weight excluding hydrogens is 424 g/mol. The molecule has 4 rings (SSSR count). The van der Waals surface area contributed by atoms with Gasteiger partial charge >= 0.3 is 12.0 Å². The van der Waals surface area contributed by atoms with Gasteiger partial charge in [-0.15, -0.1) is 0 Å². The molecule has 2 N–H and O–H groups in total. The Morgan fingerprint density at radius 3 is 2.64 bits per heavy atom. The van der Waals surface area contributed by atoms with Gasteiger partial charge in [0.1, 0.15) is 5.54 Å². The molecular formula is C24H28N4O5. The fourth-order valence-corrected chi connectivity index (χ4v) is 4.64. The molecule has 2 heterocycles. The fourth-order valence-electron chi connectivity index (χ4n) is 4.64. The van der Waals surface area contributed by atoms with Crippen molar-refractivity contribution in [3.63, 3.8) is 0 Å². The third-order valence-corrected chi connectivity index (χ3v) is 6.64. The Hall–Kier alpha value is -3.49. The number of benzene rings is 1. The van der Waals surface area contributed by atoms with Crippen molar-refractivity contribution in [2.75, 3.05) is 6.61 Å². The van der Waals surface area contributed by atoms with Crippen LogP contribution in [0.25, 0.3) is 10.9 Å². The number of aryl methyl sites for hydroxylation is 1. The molecule has 0 atom stereocenters. The second kappa shape index (κ2) is 8.80. The van der Waals surface area contributed by atoms with E-state index in [2.05, 4.69) is 22.7 Å². The van der Waals surface area contributed by atoms with Crippen LogP contribution < -0.4 is 10.7 Å². The maximum Gasteiger partial charge on any atom is 0.344 e. The van der Waals surface area contributed by atoms with Crippen molar-refractivity contribution in [1.29, 1.82) is 0 Å². The van der Waals surface area contributed by atoms with Crippen molar-refractivity contribution in [1.82, 2.24) is 20.7 Å². The Labute approximate surface area is 191 Å². The topological polar surface area (TPSA) is 118 Å². The highest BCUT2D eigenvalue weighted by atomic mass is 16.5. The van der Waals surface area contributed by atoms with E-state index in [1.165, 1.54) is 0 Å². The van der Waals surface area contributed by atoms with Crippen LogP contribution in [-0.4, -0.2) is 46.0 Å². The maximum absolute atomic E-state index is 12.9. The summed E-state index contributed by atoms with van der Waals surface area (Å²) in [5.74, 6) is -1.40. The van der Waals surface area contributed by atoms with E-state index in [-0.39, 0.29) is 0 Å². The van der Waals surface area contributed by atoms with Crippen molar-refractivity contribution in [2.45, 2.75) is 58.4 Å². The van der Waals surface area contributed by atoms with Gasteiger partial charge < -0.3 is 10.1 Å². The zero-order valence-corrected chi connectivity index (χ0v) is 19.1. The molecule has 4 amide bonds. The van der Waals surface area contributed by atoms with Gasteiger partial charge in [-0.25, -0.2) is 9.59 Å². The lowest BCUT2D eigenvalue weighted by Gasteiger charge is -2.33. The number of imide groups is 1. The fraction of sp³-hybridized carbons (Fsp3) is 0.458. The second-order valence-electron chi connectivity index (χ2n) is 8.88. The van der Waals surface area contributed by atoms with Gasteiger partial charge in [-0.3, -0.25) is 20.0 Å². The van der Waals surface area contributed by atoms with Crippen LogP contribution in [0.1, 0.15) is 61.1 Å². The Morgan fingerprint density at radius 1 is 1.24 bits per heavy atom. The number of carbonyl (C=O) groups excluding carboxylic acids is 4. The van der Waals surface area contributed by atoms with E-state index >= 15 is 0 Å². The molecule has 9 heteroatoms. The van der Waals surface area contributed by atoms with Crippen molar-refractivity contribution in [3.8, 4) is 0 Å². The van der Waals surface area contributed by atoms with Crippen LogP contribution in [0.3, 0.4) is 0 Å². The van der Waals surface area contributed by atoms with Crippen molar-refractivity contribution in [2.24, 2.45) is 5.92 Å².